The van der Waals surface area contributed by atoms with E-state index in [0.29, 0.717) is 18.0 Å². The van der Waals surface area contributed by atoms with Gasteiger partial charge in [-0.3, -0.25) is 13.9 Å². The Hall–Kier alpha value is -4.83. The monoisotopic (exact) mass is 629 g/mol. The summed E-state index contributed by atoms with van der Waals surface area (Å²) in [4.78, 5) is 29.5. The van der Waals surface area contributed by atoms with Crippen LogP contribution in [0.25, 0.3) is 0 Å². The molecule has 45 heavy (non-hydrogen) atoms. The van der Waals surface area contributed by atoms with Crippen molar-refractivity contribution in [2.45, 2.75) is 37.8 Å². The number of methoxy groups -OCH3 is 2. The van der Waals surface area contributed by atoms with Gasteiger partial charge in [-0.05, 0) is 54.8 Å². The van der Waals surface area contributed by atoms with Crippen molar-refractivity contribution in [3.63, 3.8) is 0 Å². The highest BCUT2D eigenvalue weighted by Gasteiger charge is 2.35. The molecule has 2 amide bonds. The van der Waals surface area contributed by atoms with Crippen molar-refractivity contribution < 1.29 is 27.5 Å². The highest BCUT2D eigenvalue weighted by atomic mass is 32.2. The summed E-state index contributed by atoms with van der Waals surface area (Å²) < 4.78 is 40.2. The second-order valence-corrected chi connectivity index (χ2v) is 12.3. The molecular weight excluding hydrogens is 590 g/mol. The summed E-state index contributed by atoms with van der Waals surface area (Å²) in [6, 6.07) is 28.9. The van der Waals surface area contributed by atoms with Gasteiger partial charge >= 0.3 is 0 Å². The van der Waals surface area contributed by atoms with Gasteiger partial charge in [0.1, 0.15) is 12.6 Å². The maximum absolute atomic E-state index is 14.5. The van der Waals surface area contributed by atoms with Crippen LogP contribution in [0, 0.1) is 6.92 Å². The molecule has 0 saturated carbocycles. The van der Waals surface area contributed by atoms with Gasteiger partial charge in [0, 0.05) is 25.6 Å². The van der Waals surface area contributed by atoms with Crippen LogP contribution in [0.3, 0.4) is 0 Å². The smallest absolute Gasteiger partial charge is 0.264 e. The molecule has 0 radical (unpaired) electrons. The summed E-state index contributed by atoms with van der Waals surface area (Å²) in [5, 5.41) is 2.88. The Labute approximate surface area is 265 Å². The predicted molar refractivity (Wildman–Crippen MR) is 175 cm³/mol. The maximum atomic E-state index is 14.5. The van der Waals surface area contributed by atoms with Gasteiger partial charge in [-0.1, -0.05) is 72.8 Å². The molecule has 0 heterocycles. The number of amides is 2. The molecule has 236 valence electrons. The third-order valence-electron chi connectivity index (χ3n) is 7.49. The lowest BCUT2D eigenvalue weighted by molar-refractivity contribution is -0.140. The molecule has 1 atom stereocenters. The molecule has 1 N–H and O–H groups in total. The molecule has 0 bridgehead atoms. The number of hydrogen-bond acceptors (Lipinski definition) is 6. The molecule has 0 fully saturated rings. The number of carbonyl (C=O) groups is 2. The minimum absolute atomic E-state index is 0.0770. The summed E-state index contributed by atoms with van der Waals surface area (Å²) in [5.74, 6) is -0.247. The van der Waals surface area contributed by atoms with Crippen molar-refractivity contribution in [3.8, 4) is 11.5 Å². The fourth-order valence-electron chi connectivity index (χ4n) is 5.04. The molecule has 0 spiro atoms. The third-order valence-corrected chi connectivity index (χ3v) is 9.26. The van der Waals surface area contributed by atoms with Gasteiger partial charge in [0.2, 0.25) is 11.8 Å². The predicted octanol–water partition coefficient (Wildman–Crippen LogP) is 4.98. The molecule has 9 nitrogen and oxygen atoms in total. The second kappa shape index (κ2) is 15.3. The summed E-state index contributed by atoms with van der Waals surface area (Å²) in [6.45, 7) is 3.70. The van der Waals surface area contributed by atoms with E-state index in [9.17, 15) is 18.0 Å². The van der Waals surface area contributed by atoms with E-state index < -0.39 is 28.5 Å². The van der Waals surface area contributed by atoms with Crippen molar-refractivity contribution in [3.05, 3.63) is 120 Å². The maximum Gasteiger partial charge on any atom is 0.264 e. The fourth-order valence-corrected chi connectivity index (χ4v) is 6.47. The number of sulfonamides is 1. The van der Waals surface area contributed by atoms with Crippen LogP contribution < -0.4 is 19.1 Å². The molecule has 4 aromatic rings. The molecule has 0 aliphatic carbocycles. The summed E-state index contributed by atoms with van der Waals surface area (Å²) in [5.41, 5.74) is 2.97. The van der Waals surface area contributed by atoms with Crippen LogP contribution in [0.2, 0.25) is 0 Å². The van der Waals surface area contributed by atoms with E-state index in [4.69, 9.17) is 9.47 Å². The van der Waals surface area contributed by atoms with Crippen LogP contribution in [0.5, 0.6) is 11.5 Å². The Balaban J connectivity index is 1.81. The first-order chi connectivity index (χ1) is 21.7. The van der Waals surface area contributed by atoms with Crippen molar-refractivity contribution in [1.82, 2.24) is 10.2 Å². The van der Waals surface area contributed by atoms with Crippen molar-refractivity contribution >= 4 is 27.5 Å². The third kappa shape index (κ3) is 8.02. The zero-order valence-corrected chi connectivity index (χ0v) is 26.8. The van der Waals surface area contributed by atoms with Crippen LogP contribution in [-0.2, 0) is 32.6 Å². The number of benzene rings is 4. The molecule has 0 aliphatic rings. The average molecular weight is 630 g/mol. The normalized spacial score (nSPS) is 11.7. The van der Waals surface area contributed by atoms with Crippen LogP contribution in [0.4, 0.5) is 5.69 Å². The quantitative estimate of drug-likeness (QED) is 0.211. The molecule has 4 rings (SSSR count). The minimum atomic E-state index is -4.29. The van der Waals surface area contributed by atoms with E-state index in [1.807, 2.05) is 68.4 Å². The first-order valence-corrected chi connectivity index (χ1v) is 16.1. The highest BCUT2D eigenvalue weighted by Crippen LogP contribution is 2.32. The fraction of sp³-hybridized carbons (Fsp3) is 0.257. The lowest BCUT2D eigenvalue weighted by Gasteiger charge is -2.34. The van der Waals surface area contributed by atoms with E-state index in [2.05, 4.69) is 5.32 Å². The van der Waals surface area contributed by atoms with Crippen LogP contribution in [0.15, 0.2) is 108 Å². The highest BCUT2D eigenvalue weighted by molar-refractivity contribution is 7.92. The molecule has 0 aliphatic heterocycles. The van der Waals surface area contributed by atoms with Gasteiger partial charge in [0.25, 0.3) is 10.0 Å². The molecule has 4 aromatic carbocycles. The van der Waals surface area contributed by atoms with Crippen molar-refractivity contribution in [1.29, 1.82) is 0 Å². The van der Waals surface area contributed by atoms with E-state index in [1.54, 1.807) is 30.3 Å². The molecule has 0 saturated heterocycles. The number of nitrogens with one attached hydrogen (secondary N) is 1. The number of ether oxygens (including phenoxy) is 2. The largest absolute Gasteiger partial charge is 0.493 e. The number of nitrogens with zero attached hydrogens (tertiary/aromatic N) is 2. The molecular formula is C35H39N3O6S. The van der Waals surface area contributed by atoms with Gasteiger partial charge < -0.3 is 19.7 Å². The van der Waals surface area contributed by atoms with Gasteiger partial charge in [-0.15, -0.1) is 0 Å². The van der Waals surface area contributed by atoms with E-state index >= 15 is 0 Å². The Kier molecular flexibility index (Phi) is 11.2. The first-order valence-electron chi connectivity index (χ1n) is 14.6. The van der Waals surface area contributed by atoms with Gasteiger partial charge in [-0.25, -0.2) is 8.42 Å². The Morgan fingerprint density at radius 3 is 2.07 bits per heavy atom. The van der Waals surface area contributed by atoms with Gasteiger partial charge in [0.05, 0.1) is 24.8 Å². The van der Waals surface area contributed by atoms with E-state index in [0.717, 1.165) is 21.0 Å². The Bertz CT molecular complexity index is 1700. The number of likely N-dealkylation sites (N-methyl/N-ethyl adjacent to an activating group) is 1. The molecule has 0 unspecified atom stereocenters. The summed E-state index contributed by atoms with van der Waals surface area (Å²) in [7, 11) is -1.40. The van der Waals surface area contributed by atoms with Crippen LogP contribution in [-0.4, -0.2) is 58.5 Å². The van der Waals surface area contributed by atoms with Gasteiger partial charge in [0.15, 0.2) is 11.5 Å². The number of anilines is 1. The van der Waals surface area contributed by atoms with Crippen LogP contribution >= 0.6 is 0 Å². The number of para-hydroxylation sites is 1. The van der Waals surface area contributed by atoms with Gasteiger partial charge in [-0.2, -0.15) is 0 Å². The molecule has 10 heteroatoms. The lowest BCUT2D eigenvalue weighted by Crippen LogP contribution is -2.53. The average Bonchev–Trinajstić information content (AvgIpc) is 3.06. The SMILES string of the molecule is CCNC(=O)[C@H](Cc1ccccc1)N(Cc1ccccc1C)C(=O)CN(c1ccccc1)S(=O)(=O)c1ccc(OC)c(OC)c1. The second-order valence-electron chi connectivity index (χ2n) is 10.4. The minimum Gasteiger partial charge on any atom is -0.493 e. The Morgan fingerprint density at radius 1 is 0.822 bits per heavy atom. The summed E-state index contributed by atoms with van der Waals surface area (Å²) in [6.07, 6.45) is 0.248. The van der Waals surface area contributed by atoms with E-state index in [1.165, 1.54) is 37.3 Å². The van der Waals surface area contributed by atoms with Crippen molar-refractivity contribution in [2.75, 3.05) is 31.6 Å². The lowest BCUT2D eigenvalue weighted by atomic mass is 10.0. The van der Waals surface area contributed by atoms with Crippen molar-refractivity contribution in [2.24, 2.45) is 0 Å². The summed E-state index contributed by atoms with van der Waals surface area (Å²) >= 11 is 0. The standard InChI is InChI=1S/C35H39N3O6S/c1-5-36-35(40)31(22-27-15-8-6-9-16-27)37(24-28-17-13-12-14-26(28)2)34(39)25-38(29-18-10-7-11-19-29)45(41,42)30-20-21-32(43-3)33(23-30)44-4/h6-21,23,31H,5,22,24-25H2,1-4H3,(H,36,40)/t31-/m0/s1. The first kappa shape index (κ1) is 33.1. The zero-order valence-electron chi connectivity index (χ0n) is 26.0. The number of carbonyl (C=O) groups excluding carboxylic acids is 2. The number of rotatable bonds is 14. The topological polar surface area (TPSA) is 105 Å². The van der Waals surface area contributed by atoms with E-state index in [-0.39, 0.29) is 29.5 Å². The molecule has 0 aromatic heterocycles. The zero-order chi connectivity index (χ0) is 32.4. The number of aryl methyl sites for hydroxylation is 1. The number of hydrogen-bond donors (Lipinski definition) is 1. The van der Waals surface area contributed by atoms with Crippen LogP contribution in [0.1, 0.15) is 23.6 Å². The Morgan fingerprint density at radius 2 is 1.44 bits per heavy atom.